The molecule has 0 N–H and O–H groups in total. The zero-order chi connectivity index (χ0) is 19.3. The largest absolute Gasteiger partial charge is 0.493 e. The van der Waals surface area contributed by atoms with Crippen molar-refractivity contribution in [2.45, 2.75) is 11.0 Å². The Balaban J connectivity index is 1.43. The Morgan fingerprint density at radius 1 is 1.11 bits per heavy atom. The quantitative estimate of drug-likeness (QED) is 0.384. The van der Waals surface area contributed by atoms with E-state index >= 15 is 0 Å². The minimum Gasteiger partial charge on any atom is -0.493 e. The fraction of sp³-hybridized carbons (Fsp3) is 0.238. The number of esters is 1. The molecule has 0 amide bonds. The van der Waals surface area contributed by atoms with Crippen molar-refractivity contribution in [3.05, 3.63) is 65.2 Å². The molecule has 0 atom stereocenters. The molecule has 0 unspecified atom stereocenters. The van der Waals surface area contributed by atoms with Gasteiger partial charge in [0.2, 0.25) is 0 Å². The van der Waals surface area contributed by atoms with E-state index in [-0.39, 0.29) is 12.4 Å². The molecule has 4 nitrogen and oxygen atoms in total. The number of rotatable bonds is 6. The molecule has 0 bridgehead atoms. The molecule has 1 aliphatic heterocycles. The van der Waals surface area contributed by atoms with Gasteiger partial charge >= 0.3 is 5.97 Å². The van der Waals surface area contributed by atoms with Crippen LogP contribution in [-0.4, -0.2) is 29.6 Å². The summed E-state index contributed by atoms with van der Waals surface area (Å²) in [6, 6.07) is 15.7. The molecule has 1 aliphatic rings. The number of ether oxygens (including phenoxy) is 2. The van der Waals surface area contributed by atoms with Gasteiger partial charge in [-0.25, -0.2) is 4.98 Å². The van der Waals surface area contributed by atoms with E-state index in [9.17, 15) is 4.79 Å². The van der Waals surface area contributed by atoms with Crippen molar-refractivity contribution < 1.29 is 14.3 Å². The van der Waals surface area contributed by atoms with Crippen LogP contribution in [0.1, 0.15) is 15.8 Å². The van der Waals surface area contributed by atoms with Crippen molar-refractivity contribution >= 4 is 40.8 Å². The molecule has 2 heterocycles. The number of nitrogens with zero attached hydrogens (tertiary/aromatic N) is 1. The Bertz CT molecular complexity index is 953. The first kappa shape index (κ1) is 19.4. The number of aromatic nitrogens is 1. The first-order chi connectivity index (χ1) is 13.7. The lowest BCUT2D eigenvalue weighted by atomic mass is 10.2. The van der Waals surface area contributed by atoms with E-state index in [4.69, 9.17) is 9.47 Å². The van der Waals surface area contributed by atoms with Crippen LogP contribution in [-0.2, 0) is 11.2 Å². The van der Waals surface area contributed by atoms with Gasteiger partial charge < -0.3 is 9.47 Å². The maximum atomic E-state index is 12.4. The van der Waals surface area contributed by atoms with Crippen LogP contribution in [0.4, 0.5) is 0 Å². The van der Waals surface area contributed by atoms with Crippen LogP contribution in [0, 0.1) is 0 Å². The summed E-state index contributed by atoms with van der Waals surface area (Å²) in [4.78, 5) is 17.0. The highest BCUT2D eigenvalue weighted by molar-refractivity contribution is 8.19. The van der Waals surface area contributed by atoms with Gasteiger partial charge in [-0.05, 0) is 17.7 Å². The van der Waals surface area contributed by atoms with Gasteiger partial charge in [0.1, 0.15) is 5.01 Å². The highest BCUT2D eigenvalue weighted by Crippen LogP contribution is 2.47. The van der Waals surface area contributed by atoms with E-state index in [0.29, 0.717) is 21.8 Å². The van der Waals surface area contributed by atoms with E-state index in [1.165, 1.54) is 16.9 Å². The molecule has 0 radical (unpaired) electrons. The number of benzene rings is 2. The first-order valence-corrected chi connectivity index (χ1v) is 11.8. The average molecular weight is 430 g/mol. The van der Waals surface area contributed by atoms with Crippen LogP contribution in [0.5, 0.6) is 11.5 Å². The van der Waals surface area contributed by atoms with Crippen LogP contribution in [0.25, 0.3) is 10.6 Å². The number of thiazole rings is 1. The SMILES string of the molecule is COc1cc(C2SCCS2)ccc1OC(=O)Cc1csc(-c2ccccc2)n1. The molecule has 2 aromatic carbocycles. The lowest BCUT2D eigenvalue weighted by Crippen LogP contribution is -2.12. The van der Waals surface area contributed by atoms with E-state index in [0.717, 1.165) is 22.1 Å². The summed E-state index contributed by atoms with van der Waals surface area (Å²) in [5.41, 5.74) is 2.95. The molecule has 1 saturated heterocycles. The number of hydrogen-bond acceptors (Lipinski definition) is 7. The number of thioether (sulfide) groups is 2. The number of carbonyl (C=O) groups is 1. The topological polar surface area (TPSA) is 48.4 Å². The summed E-state index contributed by atoms with van der Waals surface area (Å²) in [6.45, 7) is 0. The standard InChI is InChI=1S/C21H19NO3S3/c1-24-18-11-15(21-26-9-10-27-21)7-8-17(18)25-19(23)12-16-13-28-20(22-16)14-5-3-2-4-6-14/h2-8,11,13,21H,9-10,12H2,1H3. The molecule has 4 rings (SSSR count). The Labute approximate surface area is 176 Å². The Kier molecular flexibility index (Phi) is 6.24. The molecule has 0 saturated carbocycles. The second kappa shape index (κ2) is 9.03. The summed E-state index contributed by atoms with van der Waals surface area (Å²) in [5.74, 6) is 3.01. The molecular weight excluding hydrogens is 410 g/mol. The molecular formula is C21H19NO3S3. The van der Waals surface area contributed by atoms with Gasteiger partial charge in [0.05, 0.1) is 23.8 Å². The lowest BCUT2D eigenvalue weighted by Gasteiger charge is -2.13. The molecule has 0 aliphatic carbocycles. The van der Waals surface area contributed by atoms with Crippen LogP contribution >= 0.6 is 34.9 Å². The molecule has 1 fully saturated rings. The third kappa shape index (κ3) is 4.54. The van der Waals surface area contributed by atoms with E-state index in [2.05, 4.69) is 4.98 Å². The summed E-state index contributed by atoms with van der Waals surface area (Å²) >= 11 is 5.38. The maximum absolute atomic E-state index is 12.4. The maximum Gasteiger partial charge on any atom is 0.317 e. The van der Waals surface area contributed by atoms with E-state index in [1.807, 2.05) is 77.4 Å². The fourth-order valence-electron chi connectivity index (χ4n) is 2.87. The summed E-state index contributed by atoms with van der Waals surface area (Å²) in [5, 5.41) is 2.80. The molecule has 0 spiro atoms. The fourth-order valence-corrected chi connectivity index (χ4v) is 6.54. The second-order valence-corrected chi connectivity index (χ2v) is 9.73. The third-order valence-electron chi connectivity index (χ3n) is 4.20. The van der Waals surface area contributed by atoms with Gasteiger partial charge in [-0.15, -0.1) is 34.9 Å². The Morgan fingerprint density at radius 2 is 1.89 bits per heavy atom. The monoisotopic (exact) mass is 429 g/mol. The summed E-state index contributed by atoms with van der Waals surface area (Å²) < 4.78 is 11.4. The minimum absolute atomic E-state index is 0.128. The Morgan fingerprint density at radius 3 is 2.64 bits per heavy atom. The summed E-state index contributed by atoms with van der Waals surface area (Å²) in [7, 11) is 1.60. The van der Waals surface area contributed by atoms with Crippen molar-refractivity contribution in [1.82, 2.24) is 4.98 Å². The van der Waals surface area contributed by atoms with E-state index in [1.54, 1.807) is 7.11 Å². The number of carbonyl (C=O) groups excluding carboxylic acids is 1. The molecule has 144 valence electrons. The summed E-state index contributed by atoms with van der Waals surface area (Å²) in [6.07, 6.45) is 0.128. The van der Waals surface area contributed by atoms with Crippen LogP contribution in [0.2, 0.25) is 0 Å². The Hall–Kier alpha value is -1.96. The smallest absolute Gasteiger partial charge is 0.317 e. The zero-order valence-electron chi connectivity index (χ0n) is 15.3. The van der Waals surface area contributed by atoms with Gasteiger partial charge in [0.15, 0.2) is 11.5 Å². The van der Waals surface area contributed by atoms with Crippen molar-refractivity contribution in [3.63, 3.8) is 0 Å². The van der Waals surface area contributed by atoms with Crippen LogP contribution in [0.15, 0.2) is 53.9 Å². The lowest BCUT2D eigenvalue weighted by molar-refractivity contribution is -0.133. The van der Waals surface area contributed by atoms with Crippen LogP contribution in [0.3, 0.4) is 0 Å². The predicted molar refractivity (Wildman–Crippen MR) is 118 cm³/mol. The highest BCUT2D eigenvalue weighted by Gasteiger charge is 2.21. The van der Waals surface area contributed by atoms with Crippen molar-refractivity contribution in [3.8, 4) is 22.1 Å². The number of methoxy groups -OCH3 is 1. The predicted octanol–water partition coefficient (Wildman–Crippen LogP) is 5.45. The van der Waals surface area contributed by atoms with Gasteiger partial charge in [-0.2, -0.15) is 0 Å². The van der Waals surface area contributed by atoms with Gasteiger partial charge in [-0.1, -0.05) is 36.4 Å². The zero-order valence-corrected chi connectivity index (χ0v) is 17.7. The van der Waals surface area contributed by atoms with Gasteiger partial charge in [0.25, 0.3) is 0 Å². The minimum atomic E-state index is -0.347. The first-order valence-electron chi connectivity index (χ1n) is 8.84. The molecule has 3 aromatic rings. The van der Waals surface area contributed by atoms with Crippen molar-refractivity contribution in [1.29, 1.82) is 0 Å². The van der Waals surface area contributed by atoms with Crippen molar-refractivity contribution in [2.75, 3.05) is 18.6 Å². The second-order valence-electron chi connectivity index (χ2n) is 6.14. The molecule has 7 heteroatoms. The van der Waals surface area contributed by atoms with Crippen molar-refractivity contribution in [2.24, 2.45) is 0 Å². The normalized spacial score (nSPS) is 14.2. The number of hydrogen-bond donors (Lipinski definition) is 0. The molecule has 28 heavy (non-hydrogen) atoms. The highest BCUT2D eigenvalue weighted by atomic mass is 32.2. The average Bonchev–Trinajstić information content (AvgIpc) is 3.41. The van der Waals surface area contributed by atoms with Crippen LogP contribution < -0.4 is 9.47 Å². The van der Waals surface area contributed by atoms with Gasteiger partial charge in [-0.3, -0.25) is 4.79 Å². The molecule has 1 aromatic heterocycles. The van der Waals surface area contributed by atoms with Gasteiger partial charge in [0, 0.05) is 22.4 Å². The third-order valence-corrected chi connectivity index (χ3v) is 8.25. The van der Waals surface area contributed by atoms with E-state index < -0.39 is 0 Å².